The van der Waals surface area contributed by atoms with E-state index in [0.717, 1.165) is 5.56 Å². The lowest BCUT2D eigenvalue weighted by Gasteiger charge is -2.34. The highest BCUT2D eigenvalue weighted by Gasteiger charge is 2.83. The third-order valence-corrected chi connectivity index (χ3v) is 5.81. The van der Waals surface area contributed by atoms with Gasteiger partial charge in [0.2, 0.25) is 5.91 Å². The van der Waals surface area contributed by atoms with Crippen LogP contribution in [-0.4, -0.2) is 22.5 Å². The van der Waals surface area contributed by atoms with Gasteiger partial charge in [-0.15, -0.1) is 0 Å². The van der Waals surface area contributed by atoms with Gasteiger partial charge in [0.05, 0.1) is 12.0 Å². The maximum atomic E-state index is 11.8. The molecule has 0 bridgehead atoms. The maximum Gasteiger partial charge on any atom is 0.307 e. The van der Waals surface area contributed by atoms with E-state index < -0.39 is 22.8 Å². The summed E-state index contributed by atoms with van der Waals surface area (Å²) in [6, 6.07) is 12.0. The van der Waals surface area contributed by atoms with Gasteiger partial charge < -0.3 is 10.4 Å². The Morgan fingerprint density at radius 2 is 2.04 bits per heavy atom. The lowest BCUT2D eigenvalue weighted by Crippen LogP contribution is -2.53. The topological polar surface area (TPSA) is 90.2 Å². The van der Waals surface area contributed by atoms with Gasteiger partial charge in [0.25, 0.3) is 0 Å². The van der Waals surface area contributed by atoms with Crippen LogP contribution in [0, 0.1) is 28.6 Å². The molecular weight excluding hydrogens is 292 g/mol. The van der Waals surface area contributed by atoms with E-state index >= 15 is 0 Å². The highest BCUT2D eigenvalue weighted by molar-refractivity contribution is 5.81. The number of aliphatic carboxylic acids is 1. The standard InChI is InChI=1S/C18H20N2O3/c1-3-18-14(15(18)16(22)23)13(12-7-5-4-6-8-12)9-17(18,10-19)20-11(2)21/h4-8,13-15H,3,9H2,1-2H3,(H,20,21)(H,22,23). The molecule has 23 heavy (non-hydrogen) atoms. The molecule has 3 rings (SSSR count). The second kappa shape index (κ2) is 5.09. The number of nitriles is 1. The van der Waals surface area contributed by atoms with E-state index in [0.29, 0.717) is 12.8 Å². The number of amides is 1. The summed E-state index contributed by atoms with van der Waals surface area (Å²) < 4.78 is 0. The first-order chi connectivity index (χ1) is 10.9. The van der Waals surface area contributed by atoms with Crippen molar-refractivity contribution in [3.05, 3.63) is 35.9 Å². The minimum atomic E-state index is -1.11. The van der Waals surface area contributed by atoms with Crippen molar-refractivity contribution in [1.29, 1.82) is 5.26 Å². The highest BCUT2D eigenvalue weighted by atomic mass is 16.4. The number of carboxylic acid groups (broad SMARTS) is 1. The van der Waals surface area contributed by atoms with Crippen molar-refractivity contribution in [2.45, 2.75) is 38.1 Å². The van der Waals surface area contributed by atoms with E-state index in [4.69, 9.17) is 0 Å². The predicted octanol–water partition coefficient (Wildman–Crippen LogP) is 2.30. The van der Waals surface area contributed by atoms with Crippen LogP contribution >= 0.6 is 0 Å². The number of fused-ring (bicyclic) bond motifs is 1. The molecule has 120 valence electrons. The van der Waals surface area contributed by atoms with Gasteiger partial charge in [-0.3, -0.25) is 9.59 Å². The van der Waals surface area contributed by atoms with Gasteiger partial charge in [-0.2, -0.15) is 5.26 Å². The van der Waals surface area contributed by atoms with E-state index in [2.05, 4.69) is 11.4 Å². The number of carboxylic acids is 1. The summed E-state index contributed by atoms with van der Waals surface area (Å²) in [4.78, 5) is 23.5. The predicted molar refractivity (Wildman–Crippen MR) is 83.3 cm³/mol. The van der Waals surface area contributed by atoms with Crippen molar-refractivity contribution in [2.24, 2.45) is 17.3 Å². The zero-order valence-corrected chi connectivity index (χ0v) is 13.2. The maximum absolute atomic E-state index is 11.8. The first kappa shape index (κ1) is 15.5. The fourth-order valence-electron chi connectivity index (χ4n) is 5.06. The van der Waals surface area contributed by atoms with Crippen molar-refractivity contribution in [2.75, 3.05) is 0 Å². The number of rotatable bonds is 4. The summed E-state index contributed by atoms with van der Waals surface area (Å²) in [5.41, 5.74) is -0.747. The Kier molecular flexibility index (Phi) is 3.44. The normalized spacial score (nSPS) is 37.5. The van der Waals surface area contributed by atoms with Crippen LogP contribution in [0.4, 0.5) is 0 Å². The van der Waals surface area contributed by atoms with Crippen molar-refractivity contribution < 1.29 is 14.7 Å². The number of nitrogens with one attached hydrogen (secondary N) is 1. The molecule has 2 aliphatic rings. The van der Waals surface area contributed by atoms with Gasteiger partial charge in [0.15, 0.2) is 0 Å². The number of carbonyl (C=O) groups is 2. The van der Waals surface area contributed by atoms with Crippen LogP contribution in [0.1, 0.15) is 38.2 Å². The van der Waals surface area contributed by atoms with Gasteiger partial charge in [-0.1, -0.05) is 37.3 Å². The number of hydrogen-bond acceptors (Lipinski definition) is 3. The molecule has 5 nitrogen and oxygen atoms in total. The van der Waals surface area contributed by atoms with Gasteiger partial charge in [-0.25, -0.2) is 0 Å². The third-order valence-electron chi connectivity index (χ3n) is 5.81. The summed E-state index contributed by atoms with van der Waals surface area (Å²) in [5.74, 6) is -1.88. The minimum absolute atomic E-state index is 0.0243. The molecule has 5 unspecified atom stereocenters. The van der Waals surface area contributed by atoms with Gasteiger partial charge in [-0.05, 0) is 30.2 Å². The van der Waals surface area contributed by atoms with E-state index in [1.165, 1.54) is 6.92 Å². The van der Waals surface area contributed by atoms with Crippen molar-refractivity contribution in [3.63, 3.8) is 0 Å². The molecule has 2 aliphatic carbocycles. The summed E-state index contributed by atoms with van der Waals surface area (Å²) in [6.07, 6.45) is 1.03. The fourth-order valence-corrected chi connectivity index (χ4v) is 5.06. The van der Waals surface area contributed by atoms with Crippen LogP contribution in [-0.2, 0) is 9.59 Å². The Morgan fingerprint density at radius 1 is 1.39 bits per heavy atom. The van der Waals surface area contributed by atoms with Gasteiger partial charge in [0, 0.05) is 12.3 Å². The monoisotopic (exact) mass is 312 g/mol. The lowest BCUT2D eigenvalue weighted by atomic mass is 9.77. The number of hydrogen-bond donors (Lipinski definition) is 2. The second-order valence-corrected chi connectivity index (χ2v) is 6.66. The van der Waals surface area contributed by atoms with Crippen molar-refractivity contribution in [3.8, 4) is 6.07 Å². The van der Waals surface area contributed by atoms with E-state index in [-0.39, 0.29) is 17.7 Å². The van der Waals surface area contributed by atoms with Crippen LogP contribution in [0.25, 0.3) is 0 Å². The quantitative estimate of drug-likeness (QED) is 0.892. The molecule has 0 heterocycles. The Bertz CT molecular complexity index is 696. The fraction of sp³-hybridized carbons (Fsp3) is 0.500. The molecule has 0 saturated heterocycles. The summed E-state index contributed by atoms with van der Waals surface area (Å²) in [5, 5.41) is 22.3. The van der Waals surface area contributed by atoms with Crippen LogP contribution in [0.15, 0.2) is 30.3 Å². The first-order valence-electron chi connectivity index (χ1n) is 7.91. The zero-order valence-electron chi connectivity index (χ0n) is 13.2. The summed E-state index contributed by atoms with van der Waals surface area (Å²) in [6.45, 7) is 3.29. The molecule has 1 amide bonds. The van der Waals surface area contributed by atoms with E-state index in [9.17, 15) is 20.0 Å². The largest absolute Gasteiger partial charge is 0.481 e. The summed E-state index contributed by atoms with van der Waals surface area (Å²) in [7, 11) is 0. The highest BCUT2D eigenvalue weighted by Crippen LogP contribution is 2.78. The molecule has 2 saturated carbocycles. The molecule has 0 aromatic heterocycles. The average molecular weight is 312 g/mol. The smallest absolute Gasteiger partial charge is 0.307 e. The number of benzene rings is 1. The number of carbonyl (C=O) groups excluding carboxylic acids is 1. The molecule has 0 radical (unpaired) electrons. The SMILES string of the molecule is CCC12C(C(=O)O)C1C(c1ccccc1)CC2(C#N)NC(C)=O. The average Bonchev–Trinajstić information content (AvgIpc) is 3.15. The Hall–Kier alpha value is -2.35. The minimum Gasteiger partial charge on any atom is -0.481 e. The molecule has 2 fully saturated rings. The molecule has 5 atom stereocenters. The lowest BCUT2D eigenvalue weighted by molar-refractivity contribution is -0.141. The number of nitrogens with zero attached hydrogens (tertiary/aromatic N) is 1. The molecular formula is C18H20N2O3. The molecule has 1 aromatic carbocycles. The zero-order chi connectivity index (χ0) is 16.8. The third kappa shape index (κ3) is 1.91. The van der Waals surface area contributed by atoms with Crippen LogP contribution < -0.4 is 5.32 Å². The first-order valence-corrected chi connectivity index (χ1v) is 7.91. The van der Waals surface area contributed by atoms with Crippen molar-refractivity contribution in [1.82, 2.24) is 5.32 Å². The molecule has 1 aromatic rings. The Morgan fingerprint density at radius 3 is 2.52 bits per heavy atom. The van der Waals surface area contributed by atoms with Crippen LogP contribution in [0.2, 0.25) is 0 Å². The van der Waals surface area contributed by atoms with Crippen LogP contribution in [0.5, 0.6) is 0 Å². The molecule has 0 spiro atoms. The summed E-state index contributed by atoms with van der Waals surface area (Å²) >= 11 is 0. The second-order valence-electron chi connectivity index (χ2n) is 6.66. The molecule has 0 aliphatic heterocycles. The Labute approximate surface area is 135 Å². The molecule has 2 N–H and O–H groups in total. The van der Waals surface area contributed by atoms with E-state index in [1.54, 1.807) is 0 Å². The van der Waals surface area contributed by atoms with Gasteiger partial charge >= 0.3 is 5.97 Å². The Balaban J connectivity index is 2.10. The van der Waals surface area contributed by atoms with Crippen LogP contribution in [0.3, 0.4) is 0 Å². The molecule has 5 heteroatoms. The van der Waals surface area contributed by atoms with Crippen molar-refractivity contribution >= 4 is 11.9 Å². The van der Waals surface area contributed by atoms with E-state index in [1.807, 2.05) is 37.3 Å². The van der Waals surface area contributed by atoms with Gasteiger partial charge in [0.1, 0.15) is 5.54 Å².